The smallest absolute Gasteiger partial charge is 0.362 e. The first kappa shape index (κ1) is 40.2. The lowest BCUT2D eigenvalue weighted by Gasteiger charge is -2.49. The summed E-state index contributed by atoms with van der Waals surface area (Å²) in [5.74, 6) is -6.44. The largest absolute Gasteiger partial charge is 0.405 e. The minimum atomic E-state index is -2.95. The van der Waals surface area contributed by atoms with Gasteiger partial charge in [-0.25, -0.2) is 0 Å². The fourth-order valence-electron chi connectivity index (χ4n) is 6.00. The molecule has 0 aromatic heterocycles. The molecule has 13 heteroatoms. The molecule has 2 aliphatic heterocycles. The zero-order chi connectivity index (χ0) is 33.3. The van der Waals surface area contributed by atoms with Crippen LogP contribution in [0.2, 0.25) is 0 Å². The molecule has 2 rings (SSSR count). The Labute approximate surface area is 267 Å². The molecule has 1 unspecified atom stereocenters. The maximum absolute atomic E-state index is 12.9. The highest BCUT2D eigenvalue weighted by Crippen LogP contribution is 2.41. The van der Waals surface area contributed by atoms with Gasteiger partial charge in [0.25, 0.3) is 0 Å². The van der Waals surface area contributed by atoms with Crippen LogP contribution >= 0.6 is 0 Å². The molecular formula is C32H60O13. The molecule has 0 saturated carbocycles. The molecule has 0 aromatic rings. The van der Waals surface area contributed by atoms with Crippen molar-refractivity contribution in [2.45, 2.75) is 177 Å². The monoisotopic (exact) mass is 652 g/mol. The lowest BCUT2D eigenvalue weighted by molar-refractivity contribution is -0.498. The van der Waals surface area contributed by atoms with E-state index in [1.165, 1.54) is 77.0 Å². The van der Waals surface area contributed by atoms with Crippen LogP contribution in [-0.2, 0) is 23.7 Å². The fraction of sp³-hybridized carbons (Fsp3) is 0.969. The minimum absolute atomic E-state index is 0.125. The molecule has 0 spiro atoms. The van der Waals surface area contributed by atoms with Crippen LogP contribution < -0.4 is 0 Å². The summed E-state index contributed by atoms with van der Waals surface area (Å²) in [6.07, 6.45) is 6.92. The number of aliphatic hydroxyl groups excluding tert-OH is 8. The average molecular weight is 653 g/mol. The number of hydrogen-bond donors (Lipinski definition) is 8. The molecule has 0 aromatic carbocycles. The van der Waals surface area contributed by atoms with E-state index in [9.17, 15) is 45.6 Å². The number of carbonyl (C=O) groups is 1. The first-order valence-electron chi connectivity index (χ1n) is 17.1. The number of unbranched alkanes of at least 4 members (excludes halogenated alkanes) is 16. The Hall–Kier alpha value is -0.970. The van der Waals surface area contributed by atoms with Crippen molar-refractivity contribution in [3.8, 4) is 0 Å². The molecule has 8 N–H and O–H groups in total. The van der Waals surface area contributed by atoms with Gasteiger partial charge in [0.1, 0.15) is 43.2 Å². The average Bonchev–Trinajstić information content (AvgIpc) is 3.28. The van der Waals surface area contributed by atoms with E-state index in [1.54, 1.807) is 0 Å². The third kappa shape index (κ3) is 11.9. The molecule has 2 saturated heterocycles. The van der Waals surface area contributed by atoms with Crippen molar-refractivity contribution in [3.63, 3.8) is 0 Å². The Balaban J connectivity index is 1.77. The summed E-state index contributed by atoms with van der Waals surface area (Å²) in [5.41, 5.74) is 0. The molecule has 45 heavy (non-hydrogen) atoms. The van der Waals surface area contributed by atoms with Crippen LogP contribution in [0, 0.1) is 0 Å². The zero-order valence-corrected chi connectivity index (χ0v) is 27.0. The van der Waals surface area contributed by atoms with Crippen molar-refractivity contribution in [2.75, 3.05) is 19.8 Å². The number of rotatable bonds is 24. The van der Waals surface area contributed by atoms with Crippen LogP contribution in [0.25, 0.3) is 0 Å². The normalized spacial score (nSPS) is 33.5. The van der Waals surface area contributed by atoms with E-state index in [1.807, 2.05) is 0 Å². The third-order valence-electron chi connectivity index (χ3n) is 8.87. The van der Waals surface area contributed by atoms with Gasteiger partial charge in [-0.15, -0.1) is 0 Å². The van der Waals surface area contributed by atoms with Gasteiger partial charge in [-0.3, -0.25) is 9.53 Å². The van der Waals surface area contributed by atoms with Crippen LogP contribution in [0.1, 0.15) is 122 Å². The van der Waals surface area contributed by atoms with Gasteiger partial charge in [-0.2, -0.15) is 0 Å². The van der Waals surface area contributed by atoms with Gasteiger partial charge in [-0.05, 0) is 6.42 Å². The van der Waals surface area contributed by atoms with Gasteiger partial charge < -0.3 is 55.1 Å². The van der Waals surface area contributed by atoms with Crippen molar-refractivity contribution >= 4 is 5.97 Å². The topological polar surface area (TPSA) is 216 Å². The van der Waals surface area contributed by atoms with E-state index in [0.717, 1.165) is 25.7 Å². The lowest BCUT2D eigenvalue weighted by atomic mass is 9.97. The summed E-state index contributed by atoms with van der Waals surface area (Å²) in [5, 5.41) is 81.5. The van der Waals surface area contributed by atoms with Crippen LogP contribution in [0.5, 0.6) is 0 Å². The van der Waals surface area contributed by atoms with E-state index in [0.29, 0.717) is 6.42 Å². The molecule has 0 radical (unpaired) electrons. The van der Waals surface area contributed by atoms with E-state index >= 15 is 0 Å². The van der Waals surface area contributed by atoms with Crippen LogP contribution in [0.3, 0.4) is 0 Å². The van der Waals surface area contributed by atoms with Gasteiger partial charge in [0.2, 0.25) is 5.79 Å². The fourth-order valence-corrected chi connectivity index (χ4v) is 6.00. The molecule has 0 bridgehead atoms. The minimum Gasteiger partial charge on any atom is -0.405 e. The molecule has 13 nitrogen and oxygen atoms in total. The zero-order valence-electron chi connectivity index (χ0n) is 27.0. The van der Waals surface area contributed by atoms with Crippen molar-refractivity contribution in [1.82, 2.24) is 0 Å². The highest BCUT2D eigenvalue weighted by Gasteiger charge is 2.65. The summed E-state index contributed by atoms with van der Waals surface area (Å²) in [6, 6.07) is 0. The predicted octanol–water partition coefficient (Wildman–Crippen LogP) is 1.52. The van der Waals surface area contributed by atoms with Gasteiger partial charge in [0.05, 0.1) is 13.2 Å². The lowest BCUT2D eigenvalue weighted by Crippen LogP contribution is -2.70. The number of aliphatic hydroxyl groups is 8. The van der Waals surface area contributed by atoms with Crippen LogP contribution in [-0.4, -0.2) is 121 Å². The number of hydrogen-bond acceptors (Lipinski definition) is 13. The van der Waals surface area contributed by atoms with Crippen molar-refractivity contribution in [2.24, 2.45) is 0 Å². The standard InChI is InChI=1S/C32H60O13/c1-2-3-4-5-6-7-8-9-10-11-12-13-14-15-16-17-18-19-25(36)44-32(30(41)28(39)26(37)23(20-33)43-32)45-31(22-35)29(40)27(38)24(21-34)42-31/h23-24,26-30,33-35,37-41H,2-22H2,1H3/t23-,24-,26-,27-,28+,29+,30-,31?,32+/m1/s1. The van der Waals surface area contributed by atoms with Gasteiger partial charge in [-0.1, -0.05) is 110 Å². The molecule has 0 amide bonds. The highest BCUT2D eigenvalue weighted by molar-refractivity contribution is 5.69. The molecule has 2 fully saturated rings. The number of carbonyl (C=O) groups excluding carboxylic acids is 1. The Morgan fingerprint density at radius 1 is 0.600 bits per heavy atom. The van der Waals surface area contributed by atoms with Gasteiger partial charge in [0, 0.05) is 6.42 Å². The maximum Gasteiger partial charge on any atom is 0.362 e. The van der Waals surface area contributed by atoms with E-state index in [-0.39, 0.29) is 6.42 Å². The van der Waals surface area contributed by atoms with E-state index in [4.69, 9.17) is 18.9 Å². The Morgan fingerprint density at radius 3 is 1.47 bits per heavy atom. The second-order valence-electron chi connectivity index (χ2n) is 12.6. The summed E-state index contributed by atoms with van der Waals surface area (Å²) >= 11 is 0. The van der Waals surface area contributed by atoms with Crippen LogP contribution in [0.4, 0.5) is 0 Å². The van der Waals surface area contributed by atoms with Crippen LogP contribution in [0.15, 0.2) is 0 Å². The Morgan fingerprint density at radius 2 is 1.04 bits per heavy atom. The first-order valence-corrected chi connectivity index (χ1v) is 17.1. The van der Waals surface area contributed by atoms with Crippen molar-refractivity contribution in [3.05, 3.63) is 0 Å². The van der Waals surface area contributed by atoms with Crippen molar-refractivity contribution < 1.29 is 64.6 Å². The van der Waals surface area contributed by atoms with Gasteiger partial charge in [0.15, 0.2) is 6.10 Å². The molecular weight excluding hydrogens is 592 g/mol. The molecule has 266 valence electrons. The summed E-state index contributed by atoms with van der Waals surface area (Å²) < 4.78 is 21.7. The molecule has 0 aliphatic carbocycles. The van der Waals surface area contributed by atoms with E-state index in [2.05, 4.69) is 6.92 Å². The highest BCUT2D eigenvalue weighted by atomic mass is 16.9. The predicted molar refractivity (Wildman–Crippen MR) is 162 cm³/mol. The number of esters is 1. The Kier molecular flexibility index (Phi) is 18.8. The molecule has 2 heterocycles. The second kappa shape index (κ2) is 21.1. The summed E-state index contributed by atoms with van der Waals surface area (Å²) in [6.45, 7) is -0.577. The van der Waals surface area contributed by atoms with Crippen molar-refractivity contribution in [1.29, 1.82) is 0 Å². The summed E-state index contributed by atoms with van der Waals surface area (Å²) in [4.78, 5) is 12.9. The third-order valence-corrected chi connectivity index (χ3v) is 8.87. The number of ether oxygens (including phenoxy) is 4. The Bertz CT molecular complexity index is 801. The SMILES string of the molecule is CCCCCCCCCCCCCCCCCCCC(=O)O[C@@]1(OC2(CO)O[C@H](CO)[C@@H](O)[C@@H]2O)O[C@H](CO)[C@@H](O)[C@H](O)[C@H]1O. The van der Waals surface area contributed by atoms with Gasteiger partial charge >= 0.3 is 11.9 Å². The molecule has 9 atom stereocenters. The molecule has 2 aliphatic rings. The summed E-state index contributed by atoms with van der Waals surface area (Å²) in [7, 11) is 0. The van der Waals surface area contributed by atoms with E-state index < -0.39 is 80.3 Å². The first-order chi connectivity index (χ1) is 21.6. The quantitative estimate of drug-likeness (QED) is 0.0422. The maximum atomic E-state index is 12.9. The second-order valence-corrected chi connectivity index (χ2v) is 12.6.